The van der Waals surface area contributed by atoms with E-state index in [0.29, 0.717) is 0 Å². The van der Waals surface area contributed by atoms with Crippen molar-refractivity contribution < 1.29 is 0 Å². The first-order valence-corrected chi connectivity index (χ1v) is 4.75. The molecule has 0 bridgehead atoms. The van der Waals surface area contributed by atoms with Crippen LogP contribution in [0.1, 0.15) is 19.3 Å². The van der Waals surface area contributed by atoms with Crippen LogP contribution in [0.5, 0.6) is 0 Å². The van der Waals surface area contributed by atoms with E-state index in [1.165, 1.54) is 32.4 Å². The predicted octanol–water partition coefficient (Wildman–Crippen LogP) is 1.65. The maximum Gasteiger partial charge on any atom is -0.00191 e. The lowest BCUT2D eigenvalue weighted by Gasteiger charge is -2.28. The Morgan fingerprint density at radius 1 is 1.40 bits per heavy atom. The first-order chi connectivity index (χ1) is 4.83. The molecule has 0 aromatic heterocycles. The average Bonchev–Trinajstić information content (AvgIpc) is 1.95. The molecular formula is C8H17NS. The molecule has 0 aromatic rings. The second kappa shape index (κ2) is 4.24. The van der Waals surface area contributed by atoms with Crippen LogP contribution in [-0.4, -0.2) is 30.8 Å². The van der Waals surface area contributed by atoms with Gasteiger partial charge in [0.05, 0.1) is 0 Å². The van der Waals surface area contributed by atoms with E-state index in [1.54, 1.807) is 0 Å². The van der Waals surface area contributed by atoms with Gasteiger partial charge in [0, 0.05) is 0 Å². The monoisotopic (exact) mass is 159 g/mol. The van der Waals surface area contributed by atoms with Gasteiger partial charge in [-0.15, -0.1) is 0 Å². The van der Waals surface area contributed by atoms with Crippen molar-refractivity contribution in [1.82, 2.24) is 4.90 Å². The Hall–Kier alpha value is 0.310. The first kappa shape index (κ1) is 8.41. The van der Waals surface area contributed by atoms with Crippen molar-refractivity contribution in [3.05, 3.63) is 0 Å². The van der Waals surface area contributed by atoms with Crippen LogP contribution in [0.25, 0.3) is 0 Å². The Kier molecular flexibility index (Phi) is 3.57. The minimum atomic E-state index is 0.966. The van der Waals surface area contributed by atoms with Gasteiger partial charge in [0.25, 0.3) is 0 Å². The lowest BCUT2D eigenvalue weighted by Crippen LogP contribution is -2.30. The molecule has 1 aliphatic heterocycles. The van der Waals surface area contributed by atoms with Gasteiger partial charge in [-0.3, -0.25) is 0 Å². The van der Waals surface area contributed by atoms with E-state index in [-0.39, 0.29) is 0 Å². The molecule has 0 aromatic carbocycles. The molecule has 0 atom stereocenters. The van der Waals surface area contributed by atoms with Gasteiger partial charge in [-0.2, -0.15) is 12.6 Å². The second-order valence-corrected chi connectivity index (χ2v) is 3.71. The minimum Gasteiger partial charge on any atom is -0.306 e. The van der Waals surface area contributed by atoms with Gasteiger partial charge in [0.1, 0.15) is 0 Å². The van der Waals surface area contributed by atoms with E-state index in [4.69, 9.17) is 0 Å². The number of rotatable bonds is 2. The molecule has 0 aliphatic carbocycles. The standard InChI is InChI=1S/C8H17NS/c1-9-5-2-8(3-6-9)4-7-10/h8,10H,2-7H2,1H3. The summed E-state index contributed by atoms with van der Waals surface area (Å²) >= 11 is 4.24. The van der Waals surface area contributed by atoms with Crippen LogP contribution >= 0.6 is 12.6 Å². The zero-order chi connectivity index (χ0) is 7.40. The lowest BCUT2D eigenvalue weighted by molar-refractivity contribution is 0.217. The fourth-order valence-corrected chi connectivity index (χ4v) is 1.90. The number of hydrogen-bond acceptors (Lipinski definition) is 2. The van der Waals surface area contributed by atoms with Crippen LogP contribution in [0.15, 0.2) is 0 Å². The molecule has 0 unspecified atom stereocenters. The van der Waals surface area contributed by atoms with Crippen molar-refractivity contribution >= 4 is 12.6 Å². The normalized spacial score (nSPS) is 23.4. The number of nitrogens with zero attached hydrogens (tertiary/aromatic N) is 1. The molecule has 1 saturated heterocycles. The van der Waals surface area contributed by atoms with E-state index in [0.717, 1.165) is 11.7 Å². The Morgan fingerprint density at radius 2 is 2.00 bits per heavy atom. The summed E-state index contributed by atoms with van der Waals surface area (Å²) in [7, 11) is 2.21. The zero-order valence-electron chi connectivity index (χ0n) is 6.71. The summed E-state index contributed by atoms with van der Waals surface area (Å²) in [6.07, 6.45) is 4.09. The molecule has 1 heterocycles. The second-order valence-electron chi connectivity index (χ2n) is 3.26. The first-order valence-electron chi connectivity index (χ1n) is 4.12. The van der Waals surface area contributed by atoms with Gasteiger partial charge in [-0.05, 0) is 51.1 Å². The molecule has 0 saturated carbocycles. The molecule has 0 N–H and O–H groups in total. The minimum absolute atomic E-state index is 0.966. The van der Waals surface area contributed by atoms with Crippen molar-refractivity contribution in [2.24, 2.45) is 5.92 Å². The van der Waals surface area contributed by atoms with Crippen LogP contribution in [-0.2, 0) is 0 Å². The maximum atomic E-state index is 4.24. The van der Waals surface area contributed by atoms with Crippen LogP contribution in [0.2, 0.25) is 0 Å². The molecule has 1 nitrogen and oxygen atoms in total. The number of hydrogen-bond donors (Lipinski definition) is 1. The molecule has 1 rings (SSSR count). The number of piperidine rings is 1. The largest absolute Gasteiger partial charge is 0.306 e. The summed E-state index contributed by atoms with van der Waals surface area (Å²) in [5, 5.41) is 0. The number of thiol groups is 1. The fraction of sp³-hybridized carbons (Fsp3) is 1.00. The highest BCUT2D eigenvalue weighted by molar-refractivity contribution is 7.80. The average molecular weight is 159 g/mol. The van der Waals surface area contributed by atoms with Crippen molar-refractivity contribution in [1.29, 1.82) is 0 Å². The van der Waals surface area contributed by atoms with E-state index >= 15 is 0 Å². The highest BCUT2D eigenvalue weighted by Crippen LogP contribution is 2.19. The van der Waals surface area contributed by atoms with Crippen molar-refractivity contribution in [2.75, 3.05) is 25.9 Å². The Balaban J connectivity index is 2.13. The summed E-state index contributed by atoms with van der Waals surface area (Å²) in [5.41, 5.74) is 0. The molecule has 0 radical (unpaired) electrons. The Labute approximate surface area is 69.2 Å². The van der Waals surface area contributed by atoms with E-state index < -0.39 is 0 Å². The van der Waals surface area contributed by atoms with E-state index in [9.17, 15) is 0 Å². The van der Waals surface area contributed by atoms with Crippen LogP contribution in [0, 0.1) is 5.92 Å². The summed E-state index contributed by atoms with van der Waals surface area (Å²) in [6, 6.07) is 0. The topological polar surface area (TPSA) is 3.24 Å². The van der Waals surface area contributed by atoms with E-state index in [2.05, 4.69) is 24.6 Å². The zero-order valence-corrected chi connectivity index (χ0v) is 7.61. The smallest absolute Gasteiger partial charge is 0.00191 e. The lowest BCUT2D eigenvalue weighted by atomic mass is 9.95. The molecule has 10 heavy (non-hydrogen) atoms. The molecular weight excluding hydrogens is 142 g/mol. The fourth-order valence-electron chi connectivity index (χ4n) is 1.53. The molecule has 2 heteroatoms. The van der Waals surface area contributed by atoms with Crippen LogP contribution in [0.4, 0.5) is 0 Å². The summed E-state index contributed by atoms with van der Waals surface area (Å²) in [6.45, 7) is 2.58. The van der Waals surface area contributed by atoms with Gasteiger partial charge < -0.3 is 4.90 Å². The summed E-state index contributed by atoms with van der Waals surface area (Å²) < 4.78 is 0. The molecule has 1 aliphatic rings. The van der Waals surface area contributed by atoms with Crippen molar-refractivity contribution in [3.8, 4) is 0 Å². The Bertz CT molecular complexity index is 87.3. The van der Waals surface area contributed by atoms with Gasteiger partial charge in [-0.1, -0.05) is 0 Å². The maximum absolute atomic E-state index is 4.24. The molecule has 1 fully saturated rings. The third kappa shape index (κ3) is 2.51. The predicted molar refractivity (Wildman–Crippen MR) is 48.7 cm³/mol. The highest BCUT2D eigenvalue weighted by atomic mass is 32.1. The van der Waals surface area contributed by atoms with Crippen molar-refractivity contribution in [3.63, 3.8) is 0 Å². The van der Waals surface area contributed by atoms with Gasteiger partial charge in [0.15, 0.2) is 0 Å². The third-order valence-electron chi connectivity index (χ3n) is 2.38. The summed E-state index contributed by atoms with van der Waals surface area (Å²) in [5.74, 6) is 2.03. The van der Waals surface area contributed by atoms with Crippen molar-refractivity contribution in [2.45, 2.75) is 19.3 Å². The quantitative estimate of drug-likeness (QED) is 0.600. The molecule has 0 spiro atoms. The molecule has 60 valence electrons. The summed E-state index contributed by atoms with van der Waals surface area (Å²) in [4.78, 5) is 2.41. The van der Waals surface area contributed by atoms with E-state index in [1.807, 2.05) is 0 Å². The Morgan fingerprint density at radius 3 is 2.50 bits per heavy atom. The van der Waals surface area contributed by atoms with Gasteiger partial charge in [-0.25, -0.2) is 0 Å². The third-order valence-corrected chi connectivity index (χ3v) is 2.63. The van der Waals surface area contributed by atoms with Crippen LogP contribution < -0.4 is 0 Å². The molecule has 0 amide bonds. The number of likely N-dealkylation sites (tertiary alicyclic amines) is 1. The SMILES string of the molecule is CN1CCC(CCS)CC1. The van der Waals surface area contributed by atoms with Gasteiger partial charge >= 0.3 is 0 Å². The van der Waals surface area contributed by atoms with Gasteiger partial charge in [0.2, 0.25) is 0 Å². The van der Waals surface area contributed by atoms with Crippen LogP contribution in [0.3, 0.4) is 0 Å². The highest BCUT2D eigenvalue weighted by Gasteiger charge is 2.14.